The van der Waals surface area contributed by atoms with Gasteiger partial charge in [-0.15, -0.1) is 0 Å². The third kappa shape index (κ3) is 6.13. The van der Waals surface area contributed by atoms with Crippen LogP contribution in [0.3, 0.4) is 0 Å². The second kappa shape index (κ2) is 8.38. The Labute approximate surface area is 136 Å². The second-order valence-electron chi connectivity index (χ2n) is 5.71. The Morgan fingerprint density at radius 2 is 2.05 bits per heavy atom. The van der Waals surface area contributed by atoms with E-state index in [1.807, 2.05) is 12.1 Å². The van der Waals surface area contributed by atoms with Gasteiger partial charge in [0.05, 0.1) is 5.60 Å². The normalized spacial score (nSPS) is 13.5. The Balaban J connectivity index is 2.82. The van der Waals surface area contributed by atoms with Gasteiger partial charge in [0, 0.05) is 22.6 Å². The minimum atomic E-state index is -0.0953. The van der Waals surface area contributed by atoms with Crippen molar-refractivity contribution in [3.05, 3.63) is 33.3 Å². The molecule has 2 nitrogen and oxygen atoms in total. The molecule has 0 aliphatic rings. The van der Waals surface area contributed by atoms with E-state index in [1.165, 1.54) is 5.56 Å². The van der Waals surface area contributed by atoms with Crippen molar-refractivity contribution in [2.45, 2.75) is 51.7 Å². The fourth-order valence-corrected chi connectivity index (χ4v) is 2.96. The molecular weight excluding hydrogens is 338 g/mol. The number of hydrogen-bond donors (Lipinski definition) is 1. The van der Waals surface area contributed by atoms with Crippen LogP contribution >= 0.6 is 27.5 Å². The molecule has 1 atom stereocenters. The first kappa shape index (κ1) is 18.0. The summed E-state index contributed by atoms with van der Waals surface area (Å²) in [5.74, 6) is 0. The maximum absolute atomic E-state index is 6.16. The third-order valence-corrected chi connectivity index (χ3v) is 4.19. The van der Waals surface area contributed by atoms with Gasteiger partial charge in [0.1, 0.15) is 0 Å². The van der Waals surface area contributed by atoms with Gasteiger partial charge in [0.25, 0.3) is 0 Å². The van der Waals surface area contributed by atoms with Crippen LogP contribution in [-0.4, -0.2) is 19.3 Å². The van der Waals surface area contributed by atoms with Crippen LogP contribution in [-0.2, 0) is 4.74 Å². The van der Waals surface area contributed by atoms with E-state index < -0.39 is 0 Å². The lowest BCUT2D eigenvalue weighted by molar-refractivity contribution is 0.0117. The van der Waals surface area contributed by atoms with Crippen molar-refractivity contribution in [3.8, 4) is 0 Å². The Bertz CT molecular complexity index is 403. The number of nitrogens with one attached hydrogen (secondary N) is 1. The summed E-state index contributed by atoms with van der Waals surface area (Å²) in [7, 11) is 1.77. The molecule has 0 radical (unpaired) electrons. The minimum absolute atomic E-state index is 0.0953. The molecule has 0 bridgehead atoms. The van der Waals surface area contributed by atoms with E-state index >= 15 is 0 Å². The molecule has 0 saturated carbocycles. The van der Waals surface area contributed by atoms with Gasteiger partial charge >= 0.3 is 0 Å². The first-order valence-electron chi connectivity index (χ1n) is 7.12. The molecule has 4 heteroatoms. The van der Waals surface area contributed by atoms with Crippen molar-refractivity contribution in [3.63, 3.8) is 0 Å². The highest BCUT2D eigenvalue weighted by molar-refractivity contribution is 9.10. The molecule has 0 fully saturated rings. The van der Waals surface area contributed by atoms with Gasteiger partial charge in [-0.1, -0.05) is 34.5 Å². The van der Waals surface area contributed by atoms with E-state index in [0.717, 1.165) is 35.3 Å². The summed E-state index contributed by atoms with van der Waals surface area (Å²) < 4.78 is 6.54. The zero-order chi connectivity index (χ0) is 15.2. The topological polar surface area (TPSA) is 21.3 Å². The van der Waals surface area contributed by atoms with Crippen molar-refractivity contribution in [1.29, 1.82) is 0 Å². The van der Waals surface area contributed by atoms with E-state index in [1.54, 1.807) is 7.11 Å². The maximum Gasteiger partial charge on any atom is 0.0623 e. The van der Waals surface area contributed by atoms with Crippen molar-refractivity contribution in [2.75, 3.05) is 13.7 Å². The smallest absolute Gasteiger partial charge is 0.0623 e. The monoisotopic (exact) mass is 361 g/mol. The molecule has 1 aromatic rings. The largest absolute Gasteiger partial charge is 0.379 e. The zero-order valence-corrected chi connectivity index (χ0v) is 15.1. The highest BCUT2D eigenvalue weighted by atomic mass is 79.9. The predicted octanol–water partition coefficient (Wildman–Crippen LogP) is 5.35. The molecule has 0 heterocycles. The van der Waals surface area contributed by atoms with Gasteiger partial charge in [-0.3, -0.25) is 0 Å². The van der Waals surface area contributed by atoms with Gasteiger partial charge < -0.3 is 10.1 Å². The van der Waals surface area contributed by atoms with Gasteiger partial charge in [-0.2, -0.15) is 0 Å². The second-order valence-corrected chi connectivity index (χ2v) is 7.06. The molecule has 0 aliphatic heterocycles. The predicted molar refractivity (Wildman–Crippen MR) is 90.5 cm³/mol. The Hall–Kier alpha value is -0.0900. The van der Waals surface area contributed by atoms with Crippen molar-refractivity contribution < 1.29 is 4.74 Å². The van der Waals surface area contributed by atoms with E-state index in [2.05, 4.69) is 48.1 Å². The summed E-state index contributed by atoms with van der Waals surface area (Å²) >= 11 is 9.68. The Kier molecular flexibility index (Phi) is 7.52. The molecule has 0 amide bonds. The summed E-state index contributed by atoms with van der Waals surface area (Å²) in [4.78, 5) is 0. The van der Waals surface area contributed by atoms with Gasteiger partial charge in [0.2, 0.25) is 0 Å². The van der Waals surface area contributed by atoms with Crippen molar-refractivity contribution >= 4 is 27.5 Å². The minimum Gasteiger partial charge on any atom is -0.379 e. The van der Waals surface area contributed by atoms with Crippen molar-refractivity contribution in [2.24, 2.45) is 0 Å². The fourth-order valence-electron chi connectivity index (χ4n) is 2.08. The zero-order valence-electron chi connectivity index (χ0n) is 12.8. The lowest BCUT2D eigenvalue weighted by atomic mass is 9.95. The average molecular weight is 363 g/mol. The van der Waals surface area contributed by atoms with E-state index in [0.29, 0.717) is 6.04 Å². The highest BCUT2D eigenvalue weighted by Gasteiger charge is 2.20. The molecule has 0 aliphatic carbocycles. The third-order valence-electron chi connectivity index (χ3n) is 3.52. The average Bonchev–Trinajstić information content (AvgIpc) is 2.37. The molecule has 1 aromatic carbocycles. The van der Waals surface area contributed by atoms with Crippen LogP contribution in [0.1, 0.15) is 51.6 Å². The van der Waals surface area contributed by atoms with Gasteiger partial charge in [-0.05, 0) is 63.4 Å². The van der Waals surface area contributed by atoms with Crippen LogP contribution in [0.25, 0.3) is 0 Å². The van der Waals surface area contributed by atoms with E-state index in [9.17, 15) is 0 Å². The highest BCUT2D eigenvalue weighted by Crippen LogP contribution is 2.29. The molecular formula is C16H25BrClNO. The number of ether oxygens (including phenoxy) is 1. The number of benzene rings is 1. The van der Waals surface area contributed by atoms with E-state index in [-0.39, 0.29) is 5.60 Å². The van der Waals surface area contributed by atoms with Gasteiger partial charge in [0.15, 0.2) is 0 Å². The Morgan fingerprint density at radius 1 is 1.35 bits per heavy atom. The van der Waals surface area contributed by atoms with Gasteiger partial charge in [-0.25, -0.2) is 0 Å². The maximum atomic E-state index is 6.16. The standard InChI is InChI=1S/C16H25BrClNO/c1-5-8-19-15(6-7-16(2,3)20-4)12-9-13(17)11-14(18)10-12/h9-11,15,19H,5-8H2,1-4H3. The summed E-state index contributed by atoms with van der Waals surface area (Å²) in [5.41, 5.74) is 1.13. The number of hydrogen-bond acceptors (Lipinski definition) is 2. The van der Waals surface area contributed by atoms with E-state index in [4.69, 9.17) is 16.3 Å². The SMILES string of the molecule is CCCNC(CCC(C)(C)OC)c1cc(Cl)cc(Br)c1. The lowest BCUT2D eigenvalue weighted by Gasteiger charge is -2.27. The first-order chi connectivity index (χ1) is 9.38. The van der Waals surface area contributed by atoms with Crippen LogP contribution in [0.15, 0.2) is 22.7 Å². The fraction of sp³-hybridized carbons (Fsp3) is 0.625. The summed E-state index contributed by atoms with van der Waals surface area (Å²) in [5, 5.41) is 4.37. The summed E-state index contributed by atoms with van der Waals surface area (Å²) in [6.45, 7) is 7.43. The number of halogens is 2. The quantitative estimate of drug-likeness (QED) is 0.673. The molecule has 20 heavy (non-hydrogen) atoms. The Morgan fingerprint density at radius 3 is 2.60 bits per heavy atom. The van der Waals surface area contributed by atoms with Crippen LogP contribution < -0.4 is 5.32 Å². The summed E-state index contributed by atoms with van der Waals surface area (Å²) in [6, 6.07) is 6.40. The van der Waals surface area contributed by atoms with Crippen LogP contribution in [0.5, 0.6) is 0 Å². The summed E-state index contributed by atoms with van der Waals surface area (Å²) in [6.07, 6.45) is 3.13. The molecule has 0 spiro atoms. The first-order valence-corrected chi connectivity index (χ1v) is 8.29. The number of rotatable bonds is 8. The molecule has 1 unspecified atom stereocenters. The molecule has 114 valence electrons. The van der Waals surface area contributed by atoms with Crippen LogP contribution in [0.2, 0.25) is 5.02 Å². The lowest BCUT2D eigenvalue weighted by Crippen LogP contribution is -2.28. The molecule has 1 N–H and O–H groups in total. The number of methoxy groups -OCH3 is 1. The molecule has 0 aromatic heterocycles. The van der Waals surface area contributed by atoms with Crippen LogP contribution in [0, 0.1) is 0 Å². The van der Waals surface area contributed by atoms with Crippen LogP contribution in [0.4, 0.5) is 0 Å². The van der Waals surface area contributed by atoms with Crippen molar-refractivity contribution in [1.82, 2.24) is 5.32 Å². The molecule has 0 saturated heterocycles. The molecule has 1 rings (SSSR count).